The molecule has 9 heteroatoms. The number of benzene rings is 1. The number of thiophene rings is 1. The standard InChI is InChI=1S/C19H17F4NO3S/c20-13-5-3-12(4-6-13)18(19(21,22)23)24-17(27)10-8-14(25)7-9-15(26)16-2-1-11-28-16/h1-6,11,18H,7-10H2,(H,24,27). The predicted octanol–water partition coefficient (Wildman–Crippen LogP) is 4.62. The minimum Gasteiger partial charge on any atom is -0.341 e. The summed E-state index contributed by atoms with van der Waals surface area (Å²) in [5.74, 6) is -2.23. The van der Waals surface area contributed by atoms with Crippen LogP contribution in [-0.4, -0.2) is 23.6 Å². The van der Waals surface area contributed by atoms with Crippen molar-refractivity contribution in [1.29, 1.82) is 0 Å². The highest BCUT2D eigenvalue weighted by Crippen LogP contribution is 2.32. The number of Topliss-reactive ketones (excluding diaryl/α,β-unsaturated/α-hetero) is 2. The largest absolute Gasteiger partial charge is 0.412 e. The first-order valence-electron chi connectivity index (χ1n) is 8.37. The summed E-state index contributed by atoms with van der Waals surface area (Å²) < 4.78 is 52.5. The van der Waals surface area contributed by atoms with Crippen LogP contribution in [-0.2, 0) is 9.59 Å². The Morgan fingerprint density at radius 3 is 2.18 bits per heavy atom. The normalized spacial score (nSPS) is 12.4. The zero-order chi connectivity index (χ0) is 20.7. The Morgan fingerprint density at radius 1 is 0.964 bits per heavy atom. The fourth-order valence-corrected chi connectivity index (χ4v) is 3.13. The van der Waals surface area contributed by atoms with Gasteiger partial charge in [0.2, 0.25) is 5.91 Å². The third kappa shape index (κ3) is 6.56. The topological polar surface area (TPSA) is 63.2 Å². The van der Waals surface area contributed by atoms with Gasteiger partial charge in [0.25, 0.3) is 0 Å². The monoisotopic (exact) mass is 415 g/mol. The van der Waals surface area contributed by atoms with E-state index in [2.05, 4.69) is 0 Å². The number of amides is 1. The van der Waals surface area contributed by atoms with Crippen molar-refractivity contribution < 1.29 is 31.9 Å². The second kappa shape index (κ2) is 9.59. The first-order valence-corrected chi connectivity index (χ1v) is 9.24. The van der Waals surface area contributed by atoms with Crippen molar-refractivity contribution in [3.05, 3.63) is 58.0 Å². The van der Waals surface area contributed by atoms with Gasteiger partial charge in [0.1, 0.15) is 11.6 Å². The average Bonchev–Trinajstić information content (AvgIpc) is 3.17. The third-order valence-electron chi connectivity index (χ3n) is 3.89. The van der Waals surface area contributed by atoms with Gasteiger partial charge in [-0.15, -0.1) is 11.3 Å². The van der Waals surface area contributed by atoms with E-state index in [0.29, 0.717) is 4.88 Å². The van der Waals surface area contributed by atoms with E-state index in [1.165, 1.54) is 11.3 Å². The van der Waals surface area contributed by atoms with Crippen molar-refractivity contribution in [3.63, 3.8) is 0 Å². The van der Waals surface area contributed by atoms with Crippen LogP contribution in [0.2, 0.25) is 0 Å². The molecule has 0 fully saturated rings. The number of nitrogens with one attached hydrogen (secondary N) is 1. The van der Waals surface area contributed by atoms with Gasteiger partial charge in [-0.25, -0.2) is 4.39 Å². The smallest absolute Gasteiger partial charge is 0.341 e. The molecule has 0 saturated carbocycles. The Balaban J connectivity index is 1.84. The fraction of sp³-hybridized carbons (Fsp3) is 0.316. The Hall–Kier alpha value is -2.55. The van der Waals surface area contributed by atoms with Gasteiger partial charge in [0.15, 0.2) is 11.8 Å². The van der Waals surface area contributed by atoms with E-state index in [1.807, 2.05) is 5.32 Å². The van der Waals surface area contributed by atoms with E-state index in [9.17, 15) is 31.9 Å². The lowest BCUT2D eigenvalue weighted by molar-refractivity contribution is -0.163. The second-order valence-electron chi connectivity index (χ2n) is 6.03. The van der Waals surface area contributed by atoms with Crippen LogP contribution in [0.15, 0.2) is 41.8 Å². The summed E-state index contributed by atoms with van der Waals surface area (Å²) in [5, 5.41) is 3.57. The molecule has 0 saturated heterocycles. The molecular formula is C19H17F4NO3S. The Bertz CT molecular complexity index is 817. The number of hydrogen-bond donors (Lipinski definition) is 1. The summed E-state index contributed by atoms with van der Waals surface area (Å²) >= 11 is 1.25. The molecular weight excluding hydrogens is 398 g/mol. The van der Waals surface area contributed by atoms with E-state index in [0.717, 1.165) is 24.3 Å². The number of carbonyl (C=O) groups excluding carboxylic acids is 3. The number of carbonyl (C=O) groups is 3. The Kier molecular flexibility index (Phi) is 7.45. The van der Waals surface area contributed by atoms with E-state index >= 15 is 0 Å². The molecule has 1 atom stereocenters. The number of hydrogen-bond acceptors (Lipinski definition) is 4. The molecule has 1 unspecified atom stereocenters. The number of ketones is 2. The SMILES string of the molecule is O=C(CCC(=O)NC(c1ccc(F)cc1)C(F)(F)F)CCC(=O)c1cccs1. The van der Waals surface area contributed by atoms with E-state index < -0.39 is 30.4 Å². The van der Waals surface area contributed by atoms with Crippen LogP contribution in [0.3, 0.4) is 0 Å². The zero-order valence-electron chi connectivity index (χ0n) is 14.6. The molecule has 0 aliphatic rings. The molecule has 0 bridgehead atoms. The molecule has 2 aromatic rings. The van der Waals surface area contributed by atoms with Crippen LogP contribution in [0.1, 0.15) is 47.0 Å². The van der Waals surface area contributed by atoms with Crippen molar-refractivity contribution >= 4 is 28.8 Å². The lowest BCUT2D eigenvalue weighted by Gasteiger charge is -2.22. The Labute approximate surface area is 162 Å². The van der Waals surface area contributed by atoms with Crippen molar-refractivity contribution in [2.24, 2.45) is 0 Å². The summed E-state index contributed by atoms with van der Waals surface area (Å²) in [6.45, 7) is 0. The van der Waals surface area contributed by atoms with Gasteiger partial charge in [-0.1, -0.05) is 18.2 Å². The maximum absolute atomic E-state index is 13.2. The second-order valence-corrected chi connectivity index (χ2v) is 6.98. The molecule has 1 aromatic heterocycles. The first kappa shape index (κ1) is 21.7. The van der Waals surface area contributed by atoms with Gasteiger partial charge in [-0.05, 0) is 29.1 Å². The first-order chi connectivity index (χ1) is 13.2. The summed E-state index contributed by atoms with van der Waals surface area (Å²) in [6.07, 6.45) is -5.56. The molecule has 1 aromatic carbocycles. The minimum atomic E-state index is -4.77. The summed E-state index contributed by atoms with van der Waals surface area (Å²) in [5.41, 5.74) is -0.310. The van der Waals surface area contributed by atoms with Crippen LogP contribution in [0.25, 0.3) is 0 Å². The minimum absolute atomic E-state index is 0.0122. The van der Waals surface area contributed by atoms with Crippen LogP contribution in [0.4, 0.5) is 17.6 Å². The van der Waals surface area contributed by atoms with E-state index in [-0.39, 0.29) is 36.4 Å². The fourth-order valence-electron chi connectivity index (χ4n) is 2.43. The molecule has 0 aliphatic carbocycles. The predicted molar refractivity (Wildman–Crippen MR) is 95.5 cm³/mol. The van der Waals surface area contributed by atoms with Crippen LogP contribution >= 0.6 is 11.3 Å². The van der Waals surface area contributed by atoms with E-state index in [4.69, 9.17) is 0 Å². The van der Waals surface area contributed by atoms with Gasteiger partial charge in [0.05, 0.1) is 4.88 Å². The van der Waals surface area contributed by atoms with Gasteiger partial charge in [0, 0.05) is 25.7 Å². The molecule has 2 rings (SSSR count). The van der Waals surface area contributed by atoms with Crippen molar-refractivity contribution in [3.8, 4) is 0 Å². The van der Waals surface area contributed by atoms with Gasteiger partial charge >= 0.3 is 6.18 Å². The molecule has 150 valence electrons. The molecule has 28 heavy (non-hydrogen) atoms. The lowest BCUT2D eigenvalue weighted by Crippen LogP contribution is -2.38. The average molecular weight is 415 g/mol. The zero-order valence-corrected chi connectivity index (χ0v) is 15.4. The van der Waals surface area contributed by atoms with Crippen molar-refractivity contribution in [2.75, 3.05) is 0 Å². The summed E-state index contributed by atoms with van der Waals surface area (Å²) in [4.78, 5) is 36.0. The van der Waals surface area contributed by atoms with Crippen LogP contribution in [0.5, 0.6) is 0 Å². The van der Waals surface area contributed by atoms with Gasteiger partial charge in [-0.3, -0.25) is 14.4 Å². The third-order valence-corrected chi connectivity index (χ3v) is 4.80. The molecule has 1 N–H and O–H groups in total. The van der Waals surface area contributed by atoms with Gasteiger partial charge < -0.3 is 5.32 Å². The van der Waals surface area contributed by atoms with Crippen LogP contribution < -0.4 is 5.32 Å². The summed E-state index contributed by atoms with van der Waals surface area (Å²) in [6, 6.07) is 4.67. The lowest BCUT2D eigenvalue weighted by atomic mass is 10.0. The molecule has 0 spiro atoms. The Morgan fingerprint density at radius 2 is 1.61 bits per heavy atom. The van der Waals surface area contributed by atoms with Crippen molar-refractivity contribution in [1.82, 2.24) is 5.32 Å². The molecule has 4 nitrogen and oxygen atoms in total. The number of rotatable bonds is 9. The quantitative estimate of drug-likeness (QED) is 0.480. The van der Waals surface area contributed by atoms with Crippen LogP contribution in [0, 0.1) is 5.82 Å². The molecule has 1 amide bonds. The van der Waals surface area contributed by atoms with Gasteiger partial charge in [-0.2, -0.15) is 13.2 Å². The highest BCUT2D eigenvalue weighted by molar-refractivity contribution is 7.12. The molecule has 1 heterocycles. The maximum Gasteiger partial charge on any atom is 0.412 e. The highest BCUT2D eigenvalue weighted by atomic mass is 32.1. The number of alkyl halides is 3. The molecule has 0 radical (unpaired) electrons. The van der Waals surface area contributed by atoms with Crippen molar-refractivity contribution in [2.45, 2.75) is 37.9 Å². The molecule has 0 aliphatic heterocycles. The van der Waals surface area contributed by atoms with E-state index in [1.54, 1.807) is 17.5 Å². The number of halogens is 4. The maximum atomic E-state index is 13.2. The summed E-state index contributed by atoms with van der Waals surface area (Å²) in [7, 11) is 0. The highest BCUT2D eigenvalue weighted by Gasteiger charge is 2.41.